The third kappa shape index (κ3) is 2.26. The Kier molecular flexibility index (Phi) is 3.64. The van der Waals surface area contributed by atoms with Crippen LogP contribution in [-0.4, -0.2) is 5.11 Å². The summed E-state index contributed by atoms with van der Waals surface area (Å²) < 4.78 is 5.75. The highest BCUT2D eigenvalue weighted by atomic mass is 16.5. The van der Waals surface area contributed by atoms with Gasteiger partial charge in [-0.3, -0.25) is 0 Å². The number of fused-ring (bicyclic) bond motifs is 3. The fourth-order valence-electron chi connectivity index (χ4n) is 2.81. The van der Waals surface area contributed by atoms with Crippen molar-refractivity contribution in [3.8, 4) is 22.6 Å². The molecule has 0 saturated carbocycles. The topological polar surface area (TPSA) is 29.5 Å². The van der Waals surface area contributed by atoms with Crippen molar-refractivity contribution in [1.29, 1.82) is 0 Å². The number of rotatable bonds is 4. The Morgan fingerprint density at radius 2 is 1.95 bits per heavy atom. The molecule has 0 unspecified atom stereocenters. The van der Waals surface area contributed by atoms with Crippen molar-refractivity contribution in [2.45, 2.75) is 39.2 Å². The van der Waals surface area contributed by atoms with Crippen molar-refractivity contribution in [1.82, 2.24) is 0 Å². The molecule has 1 aliphatic heterocycles. The van der Waals surface area contributed by atoms with E-state index in [9.17, 15) is 5.11 Å². The highest BCUT2D eigenvalue weighted by molar-refractivity contribution is 5.81. The van der Waals surface area contributed by atoms with Gasteiger partial charge in [0.15, 0.2) is 0 Å². The summed E-state index contributed by atoms with van der Waals surface area (Å²) in [7, 11) is 0. The molecule has 3 rings (SSSR count). The van der Waals surface area contributed by atoms with Crippen LogP contribution in [-0.2, 0) is 13.0 Å². The Balaban J connectivity index is 2.01. The molecular formula is C18H20O2. The quantitative estimate of drug-likeness (QED) is 0.815. The molecule has 0 saturated heterocycles. The molecule has 20 heavy (non-hydrogen) atoms. The molecule has 0 amide bonds. The first-order valence-electron chi connectivity index (χ1n) is 7.37. The first kappa shape index (κ1) is 13.0. The summed E-state index contributed by atoms with van der Waals surface area (Å²) in [5.74, 6) is 1.19. The minimum Gasteiger partial charge on any atom is -0.507 e. The van der Waals surface area contributed by atoms with E-state index in [0.29, 0.717) is 12.4 Å². The van der Waals surface area contributed by atoms with Crippen LogP contribution in [0.1, 0.15) is 37.3 Å². The summed E-state index contributed by atoms with van der Waals surface area (Å²) in [5, 5.41) is 10.6. The monoisotopic (exact) mass is 268 g/mol. The molecule has 0 atom stereocenters. The van der Waals surface area contributed by atoms with E-state index in [1.807, 2.05) is 24.3 Å². The van der Waals surface area contributed by atoms with Gasteiger partial charge in [-0.1, -0.05) is 50.1 Å². The second-order valence-electron chi connectivity index (χ2n) is 5.35. The molecule has 0 bridgehead atoms. The van der Waals surface area contributed by atoms with Gasteiger partial charge in [0, 0.05) is 0 Å². The van der Waals surface area contributed by atoms with Gasteiger partial charge in [0.05, 0.1) is 5.56 Å². The highest BCUT2D eigenvalue weighted by Crippen LogP contribution is 2.45. The Morgan fingerprint density at radius 1 is 1.10 bits per heavy atom. The maximum Gasteiger partial charge on any atom is 0.131 e. The summed E-state index contributed by atoms with van der Waals surface area (Å²) in [5.41, 5.74) is 4.13. The van der Waals surface area contributed by atoms with Crippen molar-refractivity contribution in [2.24, 2.45) is 0 Å². The van der Waals surface area contributed by atoms with E-state index < -0.39 is 0 Å². The molecule has 104 valence electrons. The number of ether oxygens (including phenoxy) is 1. The van der Waals surface area contributed by atoms with E-state index in [-0.39, 0.29) is 0 Å². The van der Waals surface area contributed by atoms with Crippen molar-refractivity contribution in [2.75, 3.05) is 0 Å². The molecule has 0 radical (unpaired) electrons. The largest absolute Gasteiger partial charge is 0.507 e. The van der Waals surface area contributed by atoms with Gasteiger partial charge in [-0.05, 0) is 35.6 Å². The summed E-state index contributed by atoms with van der Waals surface area (Å²) in [6.07, 6.45) is 4.43. The average molecular weight is 268 g/mol. The van der Waals surface area contributed by atoms with Crippen molar-refractivity contribution in [3.05, 3.63) is 47.5 Å². The van der Waals surface area contributed by atoms with E-state index in [2.05, 4.69) is 19.1 Å². The number of aryl methyl sites for hydroxylation is 1. The lowest BCUT2D eigenvalue weighted by atomic mass is 9.93. The second-order valence-corrected chi connectivity index (χ2v) is 5.35. The zero-order chi connectivity index (χ0) is 13.9. The number of aromatic hydroxyl groups is 1. The van der Waals surface area contributed by atoms with E-state index in [1.54, 1.807) is 0 Å². The van der Waals surface area contributed by atoms with Gasteiger partial charge in [-0.25, -0.2) is 0 Å². The zero-order valence-electron chi connectivity index (χ0n) is 11.9. The number of unbranched alkanes of at least 4 members (excludes halogenated alkanes) is 2. The fraction of sp³-hybridized carbons (Fsp3) is 0.333. The van der Waals surface area contributed by atoms with Crippen LogP contribution in [0.25, 0.3) is 11.1 Å². The smallest absolute Gasteiger partial charge is 0.131 e. The van der Waals surface area contributed by atoms with Crippen LogP contribution < -0.4 is 4.74 Å². The molecule has 0 fully saturated rings. The SMILES string of the molecule is CCCCCc1ccc2c(c1O)-c1ccccc1CO2. The molecule has 2 aromatic carbocycles. The standard InChI is InChI=1S/C18H20O2/c1-2-3-4-7-13-10-11-16-17(18(13)19)15-9-6-5-8-14(15)12-20-16/h5-6,8-11,19H,2-4,7,12H2,1H3. The lowest BCUT2D eigenvalue weighted by Gasteiger charge is -2.22. The number of phenols is 1. The molecule has 0 aliphatic carbocycles. The van der Waals surface area contributed by atoms with Crippen molar-refractivity contribution < 1.29 is 9.84 Å². The van der Waals surface area contributed by atoms with E-state index in [4.69, 9.17) is 4.74 Å². The Bertz CT molecular complexity index is 617. The predicted octanol–water partition coefficient (Wildman–Crippen LogP) is 4.68. The predicted molar refractivity (Wildman–Crippen MR) is 81.1 cm³/mol. The number of hydrogen-bond acceptors (Lipinski definition) is 2. The first-order chi connectivity index (χ1) is 9.81. The van der Waals surface area contributed by atoms with Gasteiger partial charge in [0.1, 0.15) is 18.1 Å². The highest BCUT2D eigenvalue weighted by Gasteiger charge is 2.21. The van der Waals surface area contributed by atoms with Gasteiger partial charge in [0.25, 0.3) is 0 Å². The Morgan fingerprint density at radius 3 is 2.80 bits per heavy atom. The van der Waals surface area contributed by atoms with Crippen LogP contribution in [0.3, 0.4) is 0 Å². The van der Waals surface area contributed by atoms with E-state index >= 15 is 0 Å². The zero-order valence-corrected chi connectivity index (χ0v) is 11.9. The lowest BCUT2D eigenvalue weighted by Crippen LogP contribution is -2.06. The summed E-state index contributed by atoms with van der Waals surface area (Å²) in [6, 6.07) is 12.1. The van der Waals surface area contributed by atoms with Crippen molar-refractivity contribution in [3.63, 3.8) is 0 Å². The fourth-order valence-corrected chi connectivity index (χ4v) is 2.81. The minimum atomic E-state index is 0.394. The van der Waals surface area contributed by atoms with Crippen LogP contribution in [0, 0.1) is 0 Å². The molecule has 2 heteroatoms. The minimum absolute atomic E-state index is 0.394. The van der Waals surface area contributed by atoms with Gasteiger partial charge < -0.3 is 9.84 Å². The second kappa shape index (κ2) is 5.58. The molecule has 0 spiro atoms. The lowest BCUT2D eigenvalue weighted by molar-refractivity contribution is 0.300. The van der Waals surface area contributed by atoms with Crippen LogP contribution in [0.5, 0.6) is 11.5 Å². The third-order valence-electron chi connectivity index (χ3n) is 3.94. The van der Waals surface area contributed by atoms with E-state index in [0.717, 1.165) is 40.8 Å². The van der Waals surface area contributed by atoms with Gasteiger partial charge >= 0.3 is 0 Å². The van der Waals surface area contributed by atoms with Gasteiger partial charge in [-0.2, -0.15) is 0 Å². The molecule has 0 aromatic heterocycles. The number of benzene rings is 2. The van der Waals surface area contributed by atoms with Crippen LogP contribution in [0.4, 0.5) is 0 Å². The molecule has 1 aliphatic rings. The number of hydrogen-bond donors (Lipinski definition) is 1. The summed E-state index contributed by atoms with van der Waals surface area (Å²) in [4.78, 5) is 0. The summed E-state index contributed by atoms with van der Waals surface area (Å²) >= 11 is 0. The average Bonchev–Trinajstić information content (AvgIpc) is 2.49. The van der Waals surface area contributed by atoms with Crippen LogP contribution in [0.15, 0.2) is 36.4 Å². The van der Waals surface area contributed by atoms with Crippen LogP contribution in [0.2, 0.25) is 0 Å². The molecule has 2 nitrogen and oxygen atoms in total. The summed E-state index contributed by atoms with van der Waals surface area (Å²) in [6.45, 7) is 2.77. The van der Waals surface area contributed by atoms with E-state index in [1.165, 1.54) is 12.8 Å². The van der Waals surface area contributed by atoms with Gasteiger partial charge in [-0.15, -0.1) is 0 Å². The Hall–Kier alpha value is -1.96. The maximum atomic E-state index is 10.6. The maximum absolute atomic E-state index is 10.6. The van der Waals surface area contributed by atoms with Gasteiger partial charge in [0.2, 0.25) is 0 Å². The molecule has 2 aromatic rings. The number of phenolic OH excluding ortho intramolecular Hbond substituents is 1. The molecule has 1 N–H and O–H groups in total. The molecule has 1 heterocycles. The normalized spacial score (nSPS) is 12.4. The Labute approximate surface area is 120 Å². The third-order valence-corrected chi connectivity index (χ3v) is 3.94. The first-order valence-corrected chi connectivity index (χ1v) is 7.37. The van der Waals surface area contributed by atoms with Crippen LogP contribution >= 0.6 is 0 Å². The van der Waals surface area contributed by atoms with Crippen molar-refractivity contribution >= 4 is 0 Å². The molecular weight excluding hydrogens is 248 g/mol.